The topological polar surface area (TPSA) is 76.0 Å². The van der Waals surface area contributed by atoms with Crippen LogP contribution < -0.4 is 0 Å². The van der Waals surface area contributed by atoms with Crippen LogP contribution in [0.1, 0.15) is 21.5 Å². The number of nitro benzene ring substituents is 1. The van der Waals surface area contributed by atoms with Gasteiger partial charge in [0.15, 0.2) is 5.78 Å². The number of fused-ring (bicyclic) bond motifs is 1. The Morgan fingerprint density at radius 1 is 1.14 bits per heavy atom. The zero-order valence-electron chi connectivity index (χ0n) is 11.3. The minimum atomic E-state index is -0.464. The molecular formula is C16H12N2O3. The highest BCUT2D eigenvalue weighted by Gasteiger charge is 2.17. The minimum Gasteiger partial charge on any atom is -0.360 e. The first-order valence-corrected chi connectivity index (χ1v) is 6.44. The van der Waals surface area contributed by atoms with E-state index < -0.39 is 4.92 Å². The summed E-state index contributed by atoms with van der Waals surface area (Å²) in [5, 5.41) is 11.4. The Morgan fingerprint density at radius 3 is 2.62 bits per heavy atom. The fourth-order valence-electron chi connectivity index (χ4n) is 2.38. The van der Waals surface area contributed by atoms with Crippen LogP contribution in [0.3, 0.4) is 0 Å². The molecule has 0 bridgehead atoms. The van der Waals surface area contributed by atoms with Gasteiger partial charge in [-0.1, -0.05) is 24.3 Å². The summed E-state index contributed by atoms with van der Waals surface area (Å²) >= 11 is 0. The molecule has 0 amide bonds. The van der Waals surface area contributed by atoms with Crippen molar-refractivity contribution in [3.63, 3.8) is 0 Å². The molecule has 0 radical (unpaired) electrons. The monoisotopic (exact) mass is 280 g/mol. The number of benzene rings is 2. The third-order valence-electron chi connectivity index (χ3n) is 3.51. The van der Waals surface area contributed by atoms with Crippen molar-refractivity contribution in [2.24, 2.45) is 0 Å². The van der Waals surface area contributed by atoms with E-state index in [1.54, 1.807) is 24.4 Å². The van der Waals surface area contributed by atoms with Gasteiger partial charge in [-0.25, -0.2) is 0 Å². The summed E-state index contributed by atoms with van der Waals surface area (Å²) in [5.74, 6) is -0.139. The Kier molecular flexibility index (Phi) is 3.02. The van der Waals surface area contributed by atoms with Crippen molar-refractivity contribution in [1.29, 1.82) is 0 Å². The van der Waals surface area contributed by atoms with Gasteiger partial charge < -0.3 is 4.98 Å². The molecule has 0 saturated carbocycles. The zero-order valence-corrected chi connectivity index (χ0v) is 11.3. The van der Waals surface area contributed by atoms with E-state index >= 15 is 0 Å². The number of aromatic nitrogens is 1. The first-order chi connectivity index (χ1) is 10.1. The first-order valence-electron chi connectivity index (χ1n) is 6.44. The summed E-state index contributed by atoms with van der Waals surface area (Å²) in [6.07, 6.45) is 1.60. The number of H-pyrrole nitrogens is 1. The van der Waals surface area contributed by atoms with Crippen molar-refractivity contribution < 1.29 is 9.72 Å². The van der Waals surface area contributed by atoms with Gasteiger partial charge in [-0.05, 0) is 18.6 Å². The Hall–Kier alpha value is -2.95. The Bertz CT molecular complexity index is 865. The van der Waals surface area contributed by atoms with Crippen molar-refractivity contribution in [3.05, 3.63) is 75.5 Å². The molecule has 0 aliphatic heterocycles. The average molecular weight is 280 g/mol. The predicted octanol–water partition coefficient (Wildman–Crippen LogP) is 3.62. The number of aryl methyl sites for hydroxylation is 1. The molecule has 21 heavy (non-hydrogen) atoms. The van der Waals surface area contributed by atoms with Gasteiger partial charge >= 0.3 is 0 Å². The molecule has 3 rings (SSSR count). The minimum absolute atomic E-state index is 0.0269. The van der Waals surface area contributed by atoms with Gasteiger partial charge in [0.25, 0.3) is 5.69 Å². The van der Waals surface area contributed by atoms with E-state index in [0.29, 0.717) is 22.0 Å². The Labute approximate surface area is 120 Å². The second-order valence-corrected chi connectivity index (χ2v) is 4.83. The van der Waals surface area contributed by atoms with Crippen molar-refractivity contribution in [2.45, 2.75) is 6.92 Å². The van der Waals surface area contributed by atoms with Crippen LogP contribution in [0, 0.1) is 17.0 Å². The summed E-state index contributed by atoms with van der Waals surface area (Å²) in [4.78, 5) is 26.0. The first kappa shape index (κ1) is 13.1. The number of nitrogens with zero attached hydrogens (tertiary/aromatic N) is 1. The van der Waals surface area contributed by atoms with Crippen molar-refractivity contribution >= 4 is 22.4 Å². The lowest BCUT2D eigenvalue weighted by Gasteiger charge is -2.03. The maximum absolute atomic E-state index is 12.6. The molecule has 104 valence electrons. The third-order valence-corrected chi connectivity index (χ3v) is 3.51. The largest absolute Gasteiger partial charge is 0.360 e. The molecule has 2 aromatic carbocycles. The molecule has 5 heteroatoms. The van der Waals surface area contributed by atoms with Crippen LogP contribution in [0.2, 0.25) is 0 Å². The highest BCUT2D eigenvalue weighted by molar-refractivity contribution is 6.17. The van der Waals surface area contributed by atoms with Crippen LogP contribution >= 0.6 is 0 Å². The molecular weight excluding hydrogens is 268 g/mol. The summed E-state index contributed by atoms with van der Waals surface area (Å²) in [5.41, 5.74) is 2.61. The predicted molar refractivity (Wildman–Crippen MR) is 79.6 cm³/mol. The lowest BCUT2D eigenvalue weighted by molar-refractivity contribution is -0.384. The molecule has 0 fully saturated rings. The van der Waals surface area contributed by atoms with Crippen molar-refractivity contribution in [3.8, 4) is 0 Å². The number of ketones is 1. The van der Waals surface area contributed by atoms with Gasteiger partial charge in [-0.2, -0.15) is 0 Å². The van der Waals surface area contributed by atoms with Crippen LogP contribution in [0.5, 0.6) is 0 Å². The van der Waals surface area contributed by atoms with Gasteiger partial charge in [-0.15, -0.1) is 0 Å². The molecule has 5 nitrogen and oxygen atoms in total. The molecule has 1 N–H and O–H groups in total. The second kappa shape index (κ2) is 4.86. The molecule has 0 saturated heterocycles. The molecule has 1 heterocycles. The average Bonchev–Trinajstić information content (AvgIpc) is 2.90. The van der Waals surface area contributed by atoms with E-state index in [-0.39, 0.29) is 11.5 Å². The zero-order chi connectivity index (χ0) is 15.0. The molecule has 0 unspecified atom stereocenters. The van der Waals surface area contributed by atoms with Crippen LogP contribution in [-0.4, -0.2) is 15.7 Å². The van der Waals surface area contributed by atoms with E-state index in [1.165, 1.54) is 12.1 Å². The molecule has 0 atom stereocenters. The maximum atomic E-state index is 12.6. The van der Waals surface area contributed by atoms with Gasteiger partial charge in [0.1, 0.15) is 0 Å². The second-order valence-electron chi connectivity index (χ2n) is 4.83. The van der Waals surface area contributed by atoms with E-state index in [2.05, 4.69) is 4.98 Å². The Morgan fingerprint density at radius 2 is 1.90 bits per heavy atom. The number of carbonyl (C=O) groups excluding carboxylic acids is 1. The van der Waals surface area contributed by atoms with Gasteiger partial charge in [0, 0.05) is 40.4 Å². The van der Waals surface area contributed by atoms with Crippen LogP contribution in [-0.2, 0) is 0 Å². The quantitative estimate of drug-likeness (QED) is 0.452. The molecule has 0 aliphatic rings. The number of hydrogen-bond donors (Lipinski definition) is 1. The van der Waals surface area contributed by atoms with E-state index in [1.807, 2.05) is 19.1 Å². The van der Waals surface area contributed by atoms with Crippen LogP contribution in [0.25, 0.3) is 10.9 Å². The molecule has 0 spiro atoms. The van der Waals surface area contributed by atoms with Crippen LogP contribution in [0.15, 0.2) is 48.7 Å². The summed E-state index contributed by atoms with van der Waals surface area (Å²) < 4.78 is 0. The number of non-ortho nitro benzene ring substituents is 1. The standard InChI is InChI=1S/C16H12N2O3/c1-10-4-2-3-5-12(10)16(19)14-9-17-15-7-6-11(18(20)21)8-13(14)15/h2-9,17H,1H3. The van der Waals surface area contributed by atoms with E-state index in [0.717, 1.165) is 5.56 Å². The fraction of sp³-hybridized carbons (Fsp3) is 0.0625. The molecule has 0 aliphatic carbocycles. The van der Waals surface area contributed by atoms with Crippen molar-refractivity contribution in [2.75, 3.05) is 0 Å². The van der Waals surface area contributed by atoms with E-state index in [9.17, 15) is 14.9 Å². The lowest BCUT2D eigenvalue weighted by Crippen LogP contribution is -2.02. The van der Waals surface area contributed by atoms with Crippen molar-refractivity contribution in [1.82, 2.24) is 4.98 Å². The molecule has 1 aromatic heterocycles. The third kappa shape index (κ3) is 2.18. The van der Waals surface area contributed by atoms with E-state index in [4.69, 9.17) is 0 Å². The number of aromatic amines is 1. The highest BCUT2D eigenvalue weighted by Crippen LogP contribution is 2.26. The van der Waals surface area contributed by atoms with Gasteiger partial charge in [0.2, 0.25) is 0 Å². The summed E-state index contributed by atoms with van der Waals surface area (Å²) in [6, 6.07) is 11.8. The summed E-state index contributed by atoms with van der Waals surface area (Å²) in [6.45, 7) is 1.87. The van der Waals surface area contributed by atoms with Gasteiger partial charge in [0.05, 0.1) is 4.92 Å². The Balaban J connectivity index is 2.16. The number of nitro groups is 1. The highest BCUT2D eigenvalue weighted by atomic mass is 16.6. The molecule has 3 aromatic rings. The summed E-state index contributed by atoms with van der Waals surface area (Å²) in [7, 11) is 0. The maximum Gasteiger partial charge on any atom is 0.270 e. The lowest BCUT2D eigenvalue weighted by atomic mass is 9.99. The number of hydrogen-bond acceptors (Lipinski definition) is 3. The number of carbonyl (C=O) groups is 1. The smallest absolute Gasteiger partial charge is 0.270 e. The normalized spacial score (nSPS) is 10.7. The SMILES string of the molecule is Cc1ccccc1C(=O)c1c[nH]c2ccc([N+](=O)[O-])cc12. The van der Waals surface area contributed by atoms with Crippen LogP contribution in [0.4, 0.5) is 5.69 Å². The number of rotatable bonds is 3. The fourth-order valence-corrected chi connectivity index (χ4v) is 2.38. The number of nitrogens with one attached hydrogen (secondary N) is 1. The van der Waals surface area contributed by atoms with Gasteiger partial charge in [-0.3, -0.25) is 14.9 Å².